The maximum absolute atomic E-state index is 9.07. The van der Waals surface area contributed by atoms with Crippen LogP contribution in [0.4, 0.5) is 0 Å². The topological polar surface area (TPSA) is 49.6 Å². The van der Waals surface area contributed by atoms with Gasteiger partial charge in [-0.3, -0.25) is 0 Å². The Labute approximate surface area is 98.1 Å². The highest BCUT2D eigenvalue weighted by atomic mass is 32.1. The minimum absolute atomic E-state index is 0.320. The van der Waals surface area contributed by atoms with Crippen molar-refractivity contribution in [3.63, 3.8) is 0 Å². The van der Waals surface area contributed by atoms with Gasteiger partial charge in [0.2, 0.25) is 0 Å². The highest BCUT2D eigenvalue weighted by molar-refractivity contribution is 7.18. The summed E-state index contributed by atoms with van der Waals surface area (Å²) in [6, 6.07) is 6.07. The first-order valence-corrected chi connectivity index (χ1v) is 5.72. The van der Waals surface area contributed by atoms with E-state index in [0.717, 1.165) is 26.6 Å². The van der Waals surface area contributed by atoms with Gasteiger partial charge >= 0.3 is 0 Å². The Morgan fingerprint density at radius 3 is 2.88 bits per heavy atom. The van der Waals surface area contributed by atoms with Crippen LogP contribution in [-0.2, 0) is 0 Å². The predicted molar refractivity (Wildman–Crippen MR) is 65.3 cm³/mol. The lowest BCUT2D eigenvalue weighted by molar-refractivity contribution is 0.992. The first kappa shape index (κ1) is 10.8. The number of fused-ring (bicyclic) bond motifs is 1. The van der Waals surface area contributed by atoms with Gasteiger partial charge in [-0.1, -0.05) is 23.5 Å². The van der Waals surface area contributed by atoms with Gasteiger partial charge in [0.05, 0.1) is 6.07 Å². The van der Waals surface area contributed by atoms with Gasteiger partial charge in [-0.05, 0) is 26.0 Å². The van der Waals surface area contributed by atoms with Crippen molar-refractivity contribution in [3.8, 4) is 6.07 Å². The zero-order valence-electron chi connectivity index (χ0n) is 9.19. The number of hydrogen-bond acceptors (Lipinski definition) is 4. The Bertz CT molecular complexity index is 592. The number of nitrogens with zero attached hydrogens (tertiary/aromatic N) is 3. The number of thiazole rings is 1. The summed E-state index contributed by atoms with van der Waals surface area (Å²) < 4.78 is 0. The molecule has 0 aliphatic rings. The van der Waals surface area contributed by atoms with Crippen LogP contribution in [0.5, 0.6) is 0 Å². The van der Waals surface area contributed by atoms with Gasteiger partial charge < -0.3 is 0 Å². The van der Waals surface area contributed by atoms with E-state index in [-0.39, 0.29) is 5.92 Å². The molecule has 2 rings (SSSR count). The Morgan fingerprint density at radius 1 is 1.50 bits per heavy atom. The van der Waals surface area contributed by atoms with Crippen LogP contribution in [0.3, 0.4) is 0 Å². The predicted octanol–water partition coefficient (Wildman–Crippen LogP) is 3.18. The Morgan fingerprint density at radius 2 is 2.25 bits per heavy atom. The summed E-state index contributed by atoms with van der Waals surface area (Å²) in [5, 5.41) is 9.85. The summed E-state index contributed by atoms with van der Waals surface area (Å²) >= 11 is 1.47. The maximum Gasteiger partial charge on any atom is 0.143 e. The molecule has 80 valence electrons. The molecule has 16 heavy (non-hydrogen) atoms. The van der Waals surface area contributed by atoms with E-state index in [1.54, 1.807) is 0 Å². The van der Waals surface area contributed by atoms with E-state index in [1.165, 1.54) is 11.3 Å². The Hall–Kier alpha value is -1.73. The van der Waals surface area contributed by atoms with Crippen molar-refractivity contribution in [2.24, 2.45) is 0 Å². The summed E-state index contributed by atoms with van der Waals surface area (Å²) in [5.74, 6) is -0.320. The number of nitriles is 1. The molecule has 0 bridgehead atoms. The van der Waals surface area contributed by atoms with Crippen molar-refractivity contribution in [2.75, 3.05) is 0 Å². The standard InChI is InChI=1S/C12H11N3S/c1-7(2)9(6-13)11-15-10-5-4-8(3)14-12(10)16-11/h4-5,9H,1H2,2-3H3. The van der Waals surface area contributed by atoms with E-state index >= 15 is 0 Å². The van der Waals surface area contributed by atoms with Gasteiger partial charge in [-0.2, -0.15) is 5.26 Å². The molecule has 0 fully saturated rings. The minimum Gasteiger partial charge on any atom is -0.241 e. The van der Waals surface area contributed by atoms with Gasteiger partial charge in [0, 0.05) is 5.69 Å². The molecule has 0 aliphatic heterocycles. The molecule has 0 spiro atoms. The maximum atomic E-state index is 9.07. The van der Waals surface area contributed by atoms with Crippen LogP contribution >= 0.6 is 11.3 Å². The first-order valence-electron chi connectivity index (χ1n) is 4.91. The number of hydrogen-bond donors (Lipinski definition) is 0. The van der Waals surface area contributed by atoms with Gasteiger partial charge in [-0.25, -0.2) is 9.97 Å². The normalized spacial score (nSPS) is 12.3. The van der Waals surface area contributed by atoms with E-state index in [9.17, 15) is 0 Å². The number of aryl methyl sites for hydroxylation is 1. The molecule has 2 aromatic heterocycles. The summed E-state index contributed by atoms with van der Waals surface area (Å²) in [7, 11) is 0. The van der Waals surface area contributed by atoms with E-state index < -0.39 is 0 Å². The molecule has 1 atom stereocenters. The molecule has 0 aromatic carbocycles. The van der Waals surface area contributed by atoms with Crippen LogP contribution in [0, 0.1) is 18.3 Å². The average molecular weight is 229 g/mol. The SMILES string of the molecule is C=C(C)C(C#N)c1nc2ccc(C)nc2s1. The van der Waals surface area contributed by atoms with Crippen LogP contribution in [0.1, 0.15) is 23.5 Å². The third-order valence-electron chi connectivity index (χ3n) is 2.28. The van der Waals surface area contributed by atoms with Crippen molar-refractivity contribution in [1.29, 1.82) is 5.26 Å². The average Bonchev–Trinajstić information content (AvgIpc) is 2.60. The van der Waals surface area contributed by atoms with Crippen LogP contribution < -0.4 is 0 Å². The molecule has 4 heteroatoms. The summed E-state index contributed by atoms with van der Waals surface area (Å²) in [6.45, 7) is 7.60. The summed E-state index contributed by atoms with van der Waals surface area (Å²) in [4.78, 5) is 9.69. The molecular weight excluding hydrogens is 218 g/mol. The van der Waals surface area contributed by atoms with Gasteiger partial charge in [-0.15, -0.1) is 0 Å². The molecule has 3 nitrogen and oxygen atoms in total. The van der Waals surface area contributed by atoms with E-state index in [1.807, 2.05) is 26.0 Å². The fourth-order valence-electron chi connectivity index (χ4n) is 1.43. The lowest BCUT2D eigenvalue weighted by atomic mass is 10.1. The van der Waals surface area contributed by atoms with E-state index in [4.69, 9.17) is 5.26 Å². The van der Waals surface area contributed by atoms with Gasteiger partial charge in [0.15, 0.2) is 0 Å². The molecule has 0 aliphatic carbocycles. The number of pyridine rings is 1. The molecule has 0 saturated carbocycles. The monoisotopic (exact) mass is 229 g/mol. The van der Waals surface area contributed by atoms with E-state index in [0.29, 0.717) is 0 Å². The molecular formula is C12H11N3S. The first-order chi connectivity index (χ1) is 7.61. The number of allylic oxidation sites excluding steroid dienone is 1. The molecule has 2 heterocycles. The minimum atomic E-state index is -0.320. The number of aromatic nitrogens is 2. The van der Waals surface area contributed by atoms with Crippen molar-refractivity contribution in [2.45, 2.75) is 19.8 Å². The lowest BCUT2D eigenvalue weighted by Crippen LogP contribution is -1.94. The quantitative estimate of drug-likeness (QED) is 0.743. The highest BCUT2D eigenvalue weighted by Crippen LogP contribution is 2.29. The molecule has 0 saturated heterocycles. The van der Waals surface area contributed by atoms with Crippen molar-refractivity contribution < 1.29 is 0 Å². The van der Waals surface area contributed by atoms with Crippen LogP contribution in [0.25, 0.3) is 10.3 Å². The smallest absolute Gasteiger partial charge is 0.143 e. The molecule has 2 aromatic rings. The Kier molecular flexibility index (Phi) is 2.71. The van der Waals surface area contributed by atoms with Crippen LogP contribution in [0.15, 0.2) is 24.3 Å². The summed E-state index contributed by atoms with van der Waals surface area (Å²) in [5.41, 5.74) is 2.64. The van der Waals surface area contributed by atoms with Gasteiger partial charge in [0.1, 0.15) is 21.3 Å². The largest absolute Gasteiger partial charge is 0.241 e. The van der Waals surface area contributed by atoms with Crippen molar-refractivity contribution in [1.82, 2.24) is 9.97 Å². The highest BCUT2D eigenvalue weighted by Gasteiger charge is 2.16. The second-order valence-corrected chi connectivity index (χ2v) is 4.75. The van der Waals surface area contributed by atoms with Crippen LogP contribution in [-0.4, -0.2) is 9.97 Å². The zero-order chi connectivity index (χ0) is 11.7. The van der Waals surface area contributed by atoms with Gasteiger partial charge in [0.25, 0.3) is 0 Å². The number of rotatable bonds is 2. The Balaban J connectivity index is 2.55. The third-order valence-corrected chi connectivity index (χ3v) is 3.31. The van der Waals surface area contributed by atoms with E-state index in [2.05, 4.69) is 22.6 Å². The lowest BCUT2D eigenvalue weighted by Gasteiger charge is -2.02. The summed E-state index contributed by atoms with van der Waals surface area (Å²) in [6.07, 6.45) is 0. The second-order valence-electron chi connectivity index (χ2n) is 3.74. The van der Waals surface area contributed by atoms with Crippen LogP contribution in [0.2, 0.25) is 0 Å². The fraction of sp³-hybridized carbons (Fsp3) is 0.250. The fourth-order valence-corrected chi connectivity index (χ4v) is 2.55. The molecule has 0 radical (unpaired) electrons. The molecule has 0 amide bonds. The van der Waals surface area contributed by atoms with Crippen molar-refractivity contribution in [3.05, 3.63) is 35.0 Å². The zero-order valence-corrected chi connectivity index (χ0v) is 10.0. The third kappa shape index (κ3) is 1.82. The van der Waals surface area contributed by atoms with Crippen molar-refractivity contribution >= 4 is 21.7 Å². The second kappa shape index (κ2) is 4.03. The molecule has 0 N–H and O–H groups in total. The molecule has 1 unspecified atom stereocenters.